The fourth-order valence-corrected chi connectivity index (χ4v) is 4.49. The first-order valence-corrected chi connectivity index (χ1v) is 10.0. The molecular formula is C16H22N6O4S. The largest absolute Gasteiger partial charge is 0.364 e. The van der Waals surface area contributed by atoms with E-state index in [2.05, 4.69) is 9.82 Å². The topological polar surface area (TPSA) is 132 Å². The quantitative estimate of drug-likeness (QED) is 0.701. The van der Waals surface area contributed by atoms with E-state index in [0.29, 0.717) is 31.7 Å². The standard InChI is InChI=1S/C16H22N6O4S/c1-3-22-14(6-7-18-22)21-8-4-5-12(16(21)24)19-27(25,26)11-9-13(15(17)23)20(2)10-11/h6-7,9-10,12,19H,3-5,8H2,1-2H3,(H2,17,23)/t12-/m1/s1. The summed E-state index contributed by atoms with van der Waals surface area (Å²) in [5, 5.41) is 4.16. The lowest BCUT2D eigenvalue weighted by Crippen LogP contribution is -2.52. The molecule has 0 aliphatic carbocycles. The van der Waals surface area contributed by atoms with Gasteiger partial charge in [0.15, 0.2) is 0 Å². The fourth-order valence-electron chi connectivity index (χ4n) is 3.19. The average Bonchev–Trinajstić information content (AvgIpc) is 3.23. The second-order valence-corrected chi connectivity index (χ2v) is 8.06. The van der Waals surface area contributed by atoms with Gasteiger partial charge in [0.2, 0.25) is 15.9 Å². The van der Waals surface area contributed by atoms with Crippen molar-refractivity contribution in [3.05, 3.63) is 30.2 Å². The van der Waals surface area contributed by atoms with Gasteiger partial charge < -0.3 is 10.3 Å². The minimum Gasteiger partial charge on any atom is -0.364 e. The molecule has 1 saturated heterocycles. The predicted octanol–water partition coefficient (Wildman–Crippen LogP) is -0.186. The third kappa shape index (κ3) is 3.60. The van der Waals surface area contributed by atoms with Gasteiger partial charge in [-0.1, -0.05) is 0 Å². The van der Waals surface area contributed by atoms with Crippen LogP contribution in [-0.4, -0.2) is 47.2 Å². The molecule has 27 heavy (non-hydrogen) atoms. The van der Waals surface area contributed by atoms with Crippen LogP contribution >= 0.6 is 0 Å². The maximum absolute atomic E-state index is 12.9. The Morgan fingerprint density at radius 3 is 2.81 bits per heavy atom. The van der Waals surface area contributed by atoms with E-state index in [9.17, 15) is 18.0 Å². The Hall–Kier alpha value is -2.66. The van der Waals surface area contributed by atoms with Crippen molar-refractivity contribution in [1.29, 1.82) is 0 Å². The highest BCUT2D eigenvalue weighted by Gasteiger charge is 2.34. The molecule has 10 nitrogen and oxygen atoms in total. The van der Waals surface area contributed by atoms with E-state index in [0.717, 1.165) is 0 Å². The SMILES string of the molecule is CCn1nccc1N1CCC[C@@H](NS(=O)(=O)c2cc(C(N)=O)n(C)c2)C1=O. The molecule has 2 amide bonds. The number of nitrogens with zero attached hydrogens (tertiary/aromatic N) is 4. The normalized spacial score (nSPS) is 18.1. The minimum atomic E-state index is -3.98. The highest BCUT2D eigenvalue weighted by Crippen LogP contribution is 2.22. The summed E-state index contributed by atoms with van der Waals surface area (Å²) in [6, 6.07) is 2.04. The Morgan fingerprint density at radius 2 is 2.19 bits per heavy atom. The van der Waals surface area contributed by atoms with Crippen LogP contribution in [0.4, 0.5) is 5.82 Å². The summed E-state index contributed by atoms with van der Waals surface area (Å²) in [5.74, 6) is -0.417. The van der Waals surface area contributed by atoms with Gasteiger partial charge in [-0.15, -0.1) is 0 Å². The van der Waals surface area contributed by atoms with Crippen molar-refractivity contribution in [3.63, 3.8) is 0 Å². The van der Waals surface area contributed by atoms with E-state index < -0.39 is 22.0 Å². The Kier molecular flexibility index (Phi) is 5.07. The lowest BCUT2D eigenvalue weighted by atomic mass is 10.1. The number of rotatable bonds is 6. The third-order valence-electron chi connectivity index (χ3n) is 4.55. The lowest BCUT2D eigenvalue weighted by Gasteiger charge is -2.32. The second-order valence-electron chi connectivity index (χ2n) is 6.35. The minimum absolute atomic E-state index is 0.0684. The zero-order valence-corrected chi connectivity index (χ0v) is 15.9. The Morgan fingerprint density at radius 1 is 1.44 bits per heavy atom. The number of hydrogen-bond donors (Lipinski definition) is 2. The molecule has 0 spiro atoms. The van der Waals surface area contributed by atoms with Gasteiger partial charge in [0.25, 0.3) is 5.91 Å². The smallest absolute Gasteiger partial charge is 0.265 e. The van der Waals surface area contributed by atoms with E-state index in [1.165, 1.54) is 23.9 Å². The molecule has 1 fully saturated rings. The van der Waals surface area contributed by atoms with E-state index in [1.807, 2.05) is 6.92 Å². The van der Waals surface area contributed by atoms with Crippen LogP contribution < -0.4 is 15.4 Å². The molecular weight excluding hydrogens is 372 g/mol. The Labute approximate surface area is 157 Å². The van der Waals surface area contributed by atoms with Gasteiger partial charge in [-0.2, -0.15) is 9.82 Å². The van der Waals surface area contributed by atoms with Crippen LogP contribution in [-0.2, 0) is 28.4 Å². The number of nitrogens with one attached hydrogen (secondary N) is 1. The van der Waals surface area contributed by atoms with Crippen LogP contribution in [0.15, 0.2) is 29.4 Å². The van der Waals surface area contributed by atoms with Crippen molar-refractivity contribution >= 4 is 27.7 Å². The first-order valence-electron chi connectivity index (χ1n) is 8.56. The highest BCUT2D eigenvalue weighted by molar-refractivity contribution is 7.89. The maximum atomic E-state index is 12.9. The molecule has 3 N–H and O–H groups in total. The third-order valence-corrected chi connectivity index (χ3v) is 5.99. The second kappa shape index (κ2) is 7.16. The molecule has 2 aromatic rings. The van der Waals surface area contributed by atoms with Crippen molar-refractivity contribution in [2.45, 2.75) is 37.2 Å². The molecule has 146 valence electrons. The van der Waals surface area contributed by atoms with Gasteiger partial charge in [0, 0.05) is 32.4 Å². The molecule has 3 rings (SSSR count). The zero-order chi connectivity index (χ0) is 19.8. The summed E-state index contributed by atoms with van der Waals surface area (Å²) in [7, 11) is -2.46. The van der Waals surface area contributed by atoms with Crippen LogP contribution in [0.25, 0.3) is 0 Å². The van der Waals surface area contributed by atoms with Gasteiger partial charge in [0.05, 0.1) is 6.20 Å². The number of carbonyl (C=O) groups is 2. The Balaban J connectivity index is 1.83. The molecule has 3 heterocycles. The van der Waals surface area contributed by atoms with Crippen LogP contribution in [0.5, 0.6) is 0 Å². The molecule has 1 atom stereocenters. The molecule has 1 aliphatic rings. The van der Waals surface area contributed by atoms with Crippen molar-refractivity contribution in [1.82, 2.24) is 19.1 Å². The van der Waals surface area contributed by atoms with Crippen LogP contribution in [0.3, 0.4) is 0 Å². The van der Waals surface area contributed by atoms with Crippen molar-refractivity contribution < 1.29 is 18.0 Å². The molecule has 0 unspecified atom stereocenters. The molecule has 2 aromatic heterocycles. The Bertz CT molecular complexity index is 977. The number of piperidine rings is 1. The number of hydrogen-bond acceptors (Lipinski definition) is 5. The predicted molar refractivity (Wildman–Crippen MR) is 97.5 cm³/mol. The number of carbonyl (C=O) groups excluding carboxylic acids is 2. The summed E-state index contributed by atoms with van der Waals surface area (Å²) in [5.41, 5.74) is 5.30. The van der Waals surface area contributed by atoms with Gasteiger partial charge in [-0.05, 0) is 25.8 Å². The van der Waals surface area contributed by atoms with Crippen LogP contribution in [0, 0.1) is 0 Å². The molecule has 0 radical (unpaired) electrons. The molecule has 0 bridgehead atoms. The number of aryl methyl sites for hydroxylation is 2. The average molecular weight is 394 g/mol. The number of sulfonamides is 1. The maximum Gasteiger partial charge on any atom is 0.265 e. The van der Waals surface area contributed by atoms with Crippen LogP contribution in [0.1, 0.15) is 30.3 Å². The molecule has 11 heteroatoms. The summed E-state index contributed by atoms with van der Waals surface area (Å²) >= 11 is 0. The van der Waals surface area contributed by atoms with Gasteiger partial charge in [-0.3, -0.25) is 14.5 Å². The monoisotopic (exact) mass is 394 g/mol. The molecule has 0 saturated carbocycles. The summed E-state index contributed by atoms with van der Waals surface area (Å²) in [6.45, 7) is 3.01. The number of primary amides is 1. The fraction of sp³-hybridized carbons (Fsp3) is 0.438. The van der Waals surface area contributed by atoms with Crippen molar-refractivity contribution in [2.24, 2.45) is 12.8 Å². The zero-order valence-electron chi connectivity index (χ0n) is 15.1. The number of nitrogens with two attached hydrogens (primary N) is 1. The van der Waals surface area contributed by atoms with Gasteiger partial charge in [0.1, 0.15) is 22.4 Å². The van der Waals surface area contributed by atoms with Crippen molar-refractivity contribution in [2.75, 3.05) is 11.4 Å². The van der Waals surface area contributed by atoms with E-state index >= 15 is 0 Å². The highest BCUT2D eigenvalue weighted by atomic mass is 32.2. The number of amides is 2. The lowest BCUT2D eigenvalue weighted by molar-refractivity contribution is -0.121. The van der Waals surface area contributed by atoms with E-state index in [-0.39, 0.29) is 16.5 Å². The first-order chi connectivity index (χ1) is 12.7. The number of aromatic nitrogens is 3. The van der Waals surface area contributed by atoms with Crippen molar-refractivity contribution in [3.8, 4) is 0 Å². The van der Waals surface area contributed by atoms with Gasteiger partial charge in [-0.25, -0.2) is 13.1 Å². The molecule has 1 aliphatic heterocycles. The number of anilines is 1. The summed E-state index contributed by atoms with van der Waals surface area (Å²) in [6.07, 6.45) is 3.94. The summed E-state index contributed by atoms with van der Waals surface area (Å²) < 4.78 is 30.9. The van der Waals surface area contributed by atoms with Gasteiger partial charge >= 0.3 is 0 Å². The first kappa shape index (κ1) is 19.1. The van der Waals surface area contributed by atoms with Crippen LogP contribution in [0.2, 0.25) is 0 Å². The molecule has 0 aromatic carbocycles. The van der Waals surface area contributed by atoms with E-state index in [4.69, 9.17) is 5.73 Å². The van der Waals surface area contributed by atoms with E-state index in [1.54, 1.807) is 21.8 Å². The summed E-state index contributed by atoms with van der Waals surface area (Å²) in [4.78, 5) is 25.7.